The molecule has 0 spiro atoms. The van der Waals surface area contributed by atoms with E-state index in [2.05, 4.69) is 15.5 Å². The number of hydrogen-bond acceptors (Lipinski definition) is 6. The molecule has 1 heterocycles. The molecule has 30 heavy (non-hydrogen) atoms. The normalized spacial score (nSPS) is 10.6. The Kier molecular flexibility index (Phi) is 7.57. The molecule has 1 N–H and O–H groups in total. The van der Waals surface area contributed by atoms with Crippen LogP contribution in [0.2, 0.25) is 5.02 Å². The van der Waals surface area contributed by atoms with Gasteiger partial charge in [-0.15, -0.1) is 0 Å². The number of Topliss-reactive ketones (excluding diaryl/α,β-unsaturated/α-hetero) is 1. The number of nitrogens with one attached hydrogen (secondary N) is 1. The molecule has 1 amide bonds. The summed E-state index contributed by atoms with van der Waals surface area (Å²) < 4.78 is 10.7. The first-order valence-corrected chi connectivity index (χ1v) is 9.94. The van der Waals surface area contributed by atoms with E-state index in [1.165, 1.54) is 0 Å². The number of benzene rings is 2. The average Bonchev–Trinajstić information content (AvgIpc) is 3.21. The molecule has 7 nitrogen and oxygen atoms in total. The molecule has 0 aliphatic rings. The van der Waals surface area contributed by atoms with Crippen LogP contribution in [-0.2, 0) is 22.4 Å². The molecule has 0 radical (unpaired) electrons. The molecule has 0 aliphatic carbocycles. The standard InChI is InChI=1S/C22H22ClN3O4/c1-15(27)2-3-16-4-10-19(11-5-16)29-14-20(28)24-13-12-21-25-22(26-30-21)17-6-8-18(23)9-7-17/h4-11H,2-3,12-14H2,1H3,(H,24,28). The topological polar surface area (TPSA) is 94.3 Å². The van der Waals surface area contributed by atoms with Crippen molar-refractivity contribution in [1.82, 2.24) is 15.5 Å². The fraction of sp³-hybridized carbons (Fsp3) is 0.273. The second-order valence-corrected chi connectivity index (χ2v) is 7.19. The SMILES string of the molecule is CC(=O)CCc1ccc(OCC(=O)NCCc2nc(-c3ccc(Cl)cc3)no2)cc1. The lowest BCUT2D eigenvalue weighted by Gasteiger charge is -2.07. The third-order valence-electron chi connectivity index (χ3n) is 4.29. The van der Waals surface area contributed by atoms with Gasteiger partial charge in [0.1, 0.15) is 11.5 Å². The van der Waals surface area contributed by atoms with Gasteiger partial charge in [-0.2, -0.15) is 4.98 Å². The number of hydrogen-bond donors (Lipinski definition) is 1. The van der Waals surface area contributed by atoms with Crippen LogP contribution < -0.4 is 10.1 Å². The Labute approximate surface area is 179 Å². The number of nitrogens with zero attached hydrogens (tertiary/aromatic N) is 2. The fourth-order valence-corrected chi connectivity index (χ4v) is 2.78. The van der Waals surface area contributed by atoms with E-state index in [1.54, 1.807) is 31.2 Å². The minimum atomic E-state index is -0.243. The lowest BCUT2D eigenvalue weighted by molar-refractivity contribution is -0.123. The Balaban J connectivity index is 1.38. The van der Waals surface area contributed by atoms with Crippen molar-refractivity contribution in [2.24, 2.45) is 0 Å². The summed E-state index contributed by atoms with van der Waals surface area (Å²) in [5.74, 6) is 1.42. The zero-order valence-corrected chi connectivity index (χ0v) is 17.3. The maximum Gasteiger partial charge on any atom is 0.257 e. The van der Waals surface area contributed by atoms with E-state index in [0.29, 0.717) is 48.3 Å². The minimum Gasteiger partial charge on any atom is -0.484 e. The van der Waals surface area contributed by atoms with Crippen LogP contribution in [-0.4, -0.2) is 35.0 Å². The lowest BCUT2D eigenvalue weighted by atomic mass is 10.1. The summed E-state index contributed by atoms with van der Waals surface area (Å²) in [5.41, 5.74) is 1.86. The number of rotatable bonds is 10. The van der Waals surface area contributed by atoms with Crippen molar-refractivity contribution in [3.63, 3.8) is 0 Å². The number of halogens is 1. The van der Waals surface area contributed by atoms with Gasteiger partial charge in [-0.3, -0.25) is 4.79 Å². The molecule has 8 heteroatoms. The summed E-state index contributed by atoms with van der Waals surface area (Å²) in [4.78, 5) is 27.3. The number of amides is 1. The van der Waals surface area contributed by atoms with E-state index in [1.807, 2.05) is 24.3 Å². The highest BCUT2D eigenvalue weighted by Crippen LogP contribution is 2.18. The number of ketones is 1. The van der Waals surface area contributed by atoms with Gasteiger partial charge in [0.05, 0.1) is 0 Å². The van der Waals surface area contributed by atoms with Gasteiger partial charge < -0.3 is 19.4 Å². The largest absolute Gasteiger partial charge is 0.484 e. The van der Waals surface area contributed by atoms with Crippen molar-refractivity contribution in [1.29, 1.82) is 0 Å². The van der Waals surface area contributed by atoms with Crippen LogP contribution in [0.25, 0.3) is 11.4 Å². The summed E-state index contributed by atoms with van der Waals surface area (Å²) in [6.45, 7) is 1.84. The molecular weight excluding hydrogens is 406 g/mol. The van der Waals surface area contributed by atoms with Crippen molar-refractivity contribution < 1.29 is 18.8 Å². The molecule has 0 aliphatic heterocycles. The van der Waals surface area contributed by atoms with E-state index in [0.717, 1.165) is 11.1 Å². The molecule has 156 valence electrons. The van der Waals surface area contributed by atoms with Gasteiger partial charge in [-0.1, -0.05) is 28.9 Å². The average molecular weight is 428 g/mol. The van der Waals surface area contributed by atoms with Gasteiger partial charge >= 0.3 is 0 Å². The van der Waals surface area contributed by atoms with Gasteiger partial charge in [0.2, 0.25) is 11.7 Å². The van der Waals surface area contributed by atoms with Crippen LogP contribution >= 0.6 is 11.6 Å². The fourth-order valence-electron chi connectivity index (χ4n) is 2.65. The number of ether oxygens (including phenoxy) is 1. The van der Waals surface area contributed by atoms with Gasteiger partial charge in [-0.25, -0.2) is 0 Å². The number of carbonyl (C=O) groups excluding carboxylic acids is 2. The molecule has 1 aromatic heterocycles. The van der Waals surface area contributed by atoms with Crippen LogP contribution in [0.3, 0.4) is 0 Å². The van der Waals surface area contributed by atoms with Crippen molar-refractivity contribution in [2.45, 2.75) is 26.2 Å². The summed E-state index contributed by atoms with van der Waals surface area (Å²) in [6.07, 6.45) is 1.63. The Morgan fingerprint density at radius 2 is 1.80 bits per heavy atom. The first kappa shape index (κ1) is 21.5. The van der Waals surface area contributed by atoms with E-state index >= 15 is 0 Å². The van der Waals surface area contributed by atoms with Crippen molar-refractivity contribution in [3.8, 4) is 17.1 Å². The van der Waals surface area contributed by atoms with Crippen LogP contribution in [0.5, 0.6) is 5.75 Å². The van der Waals surface area contributed by atoms with Crippen molar-refractivity contribution in [2.75, 3.05) is 13.2 Å². The Hall–Kier alpha value is -3.19. The number of aromatic nitrogens is 2. The molecule has 0 saturated carbocycles. The first-order chi connectivity index (χ1) is 14.5. The smallest absolute Gasteiger partial charge is 0.257 e. The number of carbonyl (C=O) groups is 2. The van der Waals surface area contributed by atoms with Crippen LogP contribution in [0.1, 0.15) is 24.8 Å². The highest BCUT2D eigenvalue weighted by Gasteiger charge is 2.09. The second-order valence-electron chi connectivity index (χ2n) is 6.75. The van der Waals surface area contributed by atoms with Crippen LogP contribution in [0, 0.1) is 0 Å². The quantitative estimate of drug-likeness (QED) is 0.530. The lowest BCUT2D eigenvalue weighted by Crippen LogP contribution is -2.30. The minimum absolute atomic E-state index is 0.0906. The van der Waals surface area contributed by atoms with Crippen molar-refractivity contribution in [3.05, 3.63) is 65.0 Å². The van der Waals surface area contributed by atoms with Gasteiger partial charge in [0.25, 0.3) is 5.91 Å². The third kappa shape index (κ3) is 6.70. The summed E-state index contributed by atoms with van der Waals surface area (Å²) in [7, 11) is 0. The molecular formula is C22H22ClN3O4. The van der Waals surface area contributed by atoms with Gasteiger partial charge in [0, 0.05) is 30.0 Å². The van der Waals surface area contributed by atoms with Gasteiger partial charge in [-0.05, 0) is 55.3 Å². The zero-order valence-electron chi connectivity index (χ0n) is 16.6. The molecule has 0 saturated heterocycles. The van der Waals surface area contributed by atoms with E-state index in [4.69, 9.17) is 20.9 Å². The highest BCUT2D eigenvalue weighted by atomic mass is 35.5. The van der Waals surface area contributed by atoms with Crippen LogP contribution in [0.15, 0.2) is 53.1 Å². The van der Waals surface area contributed by atoms with E-state index in [-0.39, 0.29) is 18.3 Å². The van der Waals surface area contributed by atoms with E-state index in [9.17, 15) is 9.59 Å². The maximum atomic E-state index is 12.0. The highest BCUT2D eigenvalue weighted by molar-refractivity contribution is 6.30. The van der Waals surface area contributed by atoms with Gasteiger partial charge in [0.15, 0.2) is 6.61 Å². The Morgan fingerprint density at radius 3 is 2.50 bits per heavy atom. The monoisotopic (exact) mass is 427 g/mol. The molecule has 0 unspecified atom stereocenters. The molecule has 3 rings (SSSR count). The molecule has 0 fully saturated rings. The number of aryl methyl sites for hydroxylation is 1. The first-order valence-electron chi connectivity index (χ1n) is 9.56. The maximum absolute atomic E-state index is 12.0. The summed E-state index contributed by atoms with van der Waals surface area (Å²) in [6, 6.07) is 14.5. The van der Waals surface area contributed by atoms with Crippen LogP contribution in [0.4, 0.5) is 0 Å². The molecule has 3 aromatic rings. The summed E-state index contributed by atoms with van der Waals surface area (Å²) >= 11 is 5.87. The summed E-state index contributed by atoms with van der Waals surface area (Å²) in [5, 5.41) is 7.33. The predicted octanol–water partition coefficient (Wildman–Crippen LogP) is 3.65. The predicted molar refractivity (Wildman–Crippen MR) is 112 cm³/mol. The Morgan fingerprint density at radius 1 is 1.07 bits per heavy atom. The zero-order chi connectivity index (χ0) is 21.3. The molecule has 0 atom stereocenters. The molecule has 2 aromatic carbocycles. The third-order valence-corrected chi connectivity index (χ3v) is 4.54. The second kappa shape index (κ2) is 10.5. The van der Waals surface area contributed by atoms with Crippen molar-refractivity contribution >= 4 is 23.3 Å². The Bertz CT molecular complexity index is 984. The molecule has 0 bridgehead atoms. The van der Waals surface area contributed by atoms with E-state index < -0.39 is 0 Å².